The van der Waals surface area contributed by atoms with Gasteiger partial charge in [0, 0.05) is 62.1 Å². The molecule has 1 saturated heterocycles. The van der Waals surface area contributed by atoms with Crippen molar-refractivity contribution in [2.24, 2.45) is 0 Å². The highest BCUT2D eigenvalue weighted by Gasteiger charge is 2.26. The summed E-state index contributed by atoms with van der Waals surface area (Å²) in [4.78, 5) is 20.4. The molecule has 2 fully saturated rings. The maximum Gasteiger partial charge on any atom is 0.253 e. The standard InChI is InChI=1S/C30H35N3O2/c34-30(26-6-3-5-25(21-26)29-9-4-20-35-29)33-18-16-32(17-19-33)28-11-10-23-12-14-31(15-13-24(23)22-28)27-7-1-2-8-27/h3-6,9-11,20-22,27H,1-2,7-8,12-19H2. The minimum atomic E-state index is 0.104. The quantitative estimate of drug-likeness (QED) is 0.523. The summed E-state index contributed by atoms with van der Waals surface area (Å²) in [6.45, 7) is 5.64. The van der Waals surface area contributed by atoms with Crippen LogP contribution in [0.25, 0.3) is 11.3 Å². The molecule has 35 heavy (non-hydrogen) atoms. The normalized spacial score (nSPS) is 19.5. The van der Waals surface area contributed by atoms with Crippen molar-refractivity contribution in [1.29, 1.82) is 0 Å². The lowest BCUT2D eigenvalue weighted by Gasteiger charge is -2.36. The Kier molecular flexibility index (Phi) is 6.34. The molecule has 182 valence electrons. The van der Waals surface area contributed by atoms with Gasteiger partial charge in [0.15, 0.2) is 0 Å². The molecule has 5 heteroatoms. The maximum absolute atomic E-state index is 13.2. The lowest BCUT2D eigenvalue weighted by molar-refractivity contribution is 0.0747. The van der Waals surface area contributed by atoms with E-state index in [4.69, 9.17) is 4.42 Å². The fourth-order valence-electron chi connectivity index (χ4n) is 6.16. The van der Waals surface area contributed by atoms with Crippen molar-refractivity contribution in [2.75, 3.05) is 44.2 Å². The van der Waals surface area contributed by atoms with Crippen LogP contribution in [0, 0.1) is 0 Å². The van der Waals surface area contributed by atoms with Gasteiger partial charge in [-0.3, -0.25) is 9.69 Å². The van der Waals surface area contributed by atoms with Gasteiger partial charge in [0.25, 0.3) is 5.91 Å². The van der Waals surface area contributed by atoms with Crippen LogP contribution in [0.2, 0.25) is 0 Å². The molecule has 1 aromatic heterocycles. The Labute approximate surface area is 208 Å². The fourth-order valence-corrected chi connectivity index (χ4v) is 6.16. The van der Waals surface area contributed by atoms with E-state index in [1.54, 1.807) is 6.26 Å². The van der Waals surface area contributed by atoms with Gasteiger partial charge in [-0.15, -0.1) is 0 Å². The lowest BCUT2D eigenvalue weighted by Crippen LogP contribution is -2.48. The fraction of sp³-hybridized carbons (Fsp3) is 0.433. The number of fused-ring (bicyclic) bond motifs is 1. The molecule has 1 amide bonds. The van der Waals surface area contributed by atoms with Gasteiger partial charge >= 0.3 is 0 Å². The zero-order valence-corrected chi connectivity index (χ0v) is 20.5. The topological polar surface area (TPSA) is 39.9 Å². The molecule has 3 aliphatic rings. The molecule has 3 aromatic rings. The summed E-state index contributed by atoms with van der Waals surface area (Å²) in [5, 5.41) is 0. The molecule has 1 aliphatic carbocycles. The number of amides is 1. The number of nitrogens with zero attached hydrogens (tertiary/aromatic N) is 3. The van der Waals surface area contributed by atoms with Gasteiger partial charge in [-0.25, -0.2) is 0 Å². The Balaban J connectivity index is 1.09. The van der Waals surface area contributed by atoms with Crippen molar-refractivity contribution in [3.63, 3.8) is 0 Å². The van der Waals surface area contributed by atoms with Gasteiger partial charge in [-0.1, -0.05) is 31.0 Å². The first kappa shape index (κ1) is 22.4. The van der Waals surface area contributed by atoms with Crippen LogP contribution in [0.5, 0.6) is 0 Å². The Morgan fingerprint density at radius 2 is 1.60 bits per heavy atom. The molecule has 2 aliphatic heterocycles. The van der Waals surface area contributed by atoms with Crippen molar-refractivity contribution in [3.05, 3.63) is 77.6 Å². The van der Waals surface area contributed by atoms with Crippen molar-refractivity contribution in [1.82, 2.24) is 9.80 Å². The average molecular weight is 470 g/mol. The molecule has 6 rings (SSSR count). The first-order valence-corrected chi connectivity index (χ1v) is 13.3. The highest BCUT2D eigenvalue weighted by Crippen LogP contribution is 2.29. The SMILES string of the molecule is O=C(c1cccc(-c2ccco2)c1)N1CCN(c2ccc3c(c2)CCN(C2CCCC2)CC3)CC1. The van der Waals surface area contributed by atoms with E-state index < -0.39 is 0 Å². The lowest BCUT2D eigenvalue weighted by atomic mass is 10.0. The molecular weight excluding hydrogens is 434 g/mol. The second-order valence-corrected chi connectivity index (χ2v) is 10.3. The van der Waals surface area contributed by atoms with E-state index in [-0.39, 0.29) is 5.91 Å². The number of benzene rings is 2. The number of hydrogen-bond acceptors (Lipinski definition) is 4. The number of rotatable bonds is 4. The molecule has 0 atom stereocenters. The second kappa shape index (κ2) is 9.90. The molecule has 1 saturated carbocycles. The van der Waals surface area contributed by atoms with Crippen LogP contribution in [-0.4, -0.2) is 61.0 Å². The minimum absolute atomic E-state index is 0.104. The van der Waals surface area contributed by atoms with Crippen LogP contribution >= 0.6 is 0 Å². The summed E-state index contributed by atoms with van der Waals surface area (Å²) >= 11 is 0. The number of carbonyl (C=O) groups is 1. The summed E-state index contributed by atoms with van der Waals surface area (Å²) in [6.07, 6.45) is 9.58. The summed E-state index contributed by atoms with van der Waals surface area (Å²) in [5.41, 5.74) is 6.03. The highest BCUT2D eigenvalue weighted by molar-refractivity contribution is 5.95. The van der Waals surface area contributed by atoms with E-state index >= 15 is 0 Å². The molecule has 3 heterocycles. The molecule has 0 unspecified atom stereocenters. The number of anilines is 1. The first-order valence-electron chi connectivity index (χ1n) is 13.3. The first-order chi connectivity index (χ1) is 17.2. The number of carbonyl (C=O) groups excluding carboxylic acids is 1. The molecule has 0 spiro atoms. The van der Waals surface area contributed by atoms with Crippen molar-refractivity contribution >= 4 is 11.6 Å². The minimum Gasteiger partial charge on any atom is -0.464 e. The Morgan fingerprint density at radius 3 is 2.37 bits per heavy atom. The van der Waals surface area contributed by atoms with Gasteiger partial charge in [0.1, 0.15) is 5.76 Å². The summed E-state index contributed by atoms with van der Waals surface area (Å²) in [6, 6.07) is 19.5. The van der Waals surface area contributed by atoms with E-state index in [0.29, 0.717) is 0 Å². The Morgan fingerprint density at radius 1 is 0.800 bits per heavy atom. The van der Waals surface area contributed by atoms with Crippen LogP contribution in [0.15, 0.2) is 65.3 Å². The predicted molar refractivity (Wildman–Crippen MR) is 140 cm³/mol. The zero-order chi connectivity index (χ0) is 23.6. The molecule has 0 radical (unpaired) electrons. The van der Waals surface area contributed by atoms with Crippen LogP contribution in [0.3, 0.4) is 0 Å². The molecule has 0 N–H and O–H groups in total. The van der Waals surface area contributed by atoms with Crippen molar-refractivity contribution in [2.45, 2.75) is 44.6 Å². The third-order valence-corrected chi connectivity index (χ3v) is 8.21. The van der Waals surface area contributed by atoms with E-state index in [2.05, 4.69) is 28.0 Å². The molecule has 0 bridgehead atoms. The van der Waals surface area contributed by atoms with Crippen molar-refractivity contribution in [3.8, 4) is 11.3 Å². The number of furan rings is 1. The van der Waals surface area contributed by atoms with Gasteiger partial charge in [0.05, 0.1) is 6.26 Å². The van der Waals surface area contributed by atoms with Gasteiger partial charge in [-0.05, 0) is 73.2 Å². The van der Waals surface area contributed by atoms with Gasteiger partial charge in [0.2, 0.25) is 0 Å². The smallest absolute Gasteiger partial charge is 0.253 e. The molecular formula is C30H35N3O2. The van der Waals surface area contributed by atoms with Gasteiger partial charge in [-0.2, -0.15) is 0 Å². The van der Waals surface area contributed by atoms with Crippen molar-refractivity contribution < 1.29 is 9.21 Å². The summed E-state index contributed by atoms with van der Waals surface area (Å²) in [7, 11) is 0. The third kappa shape index (κ3) is 4.74. The van der Waals surface area contributed by atoms with Gasteiger partial charge < -0.3 is 14.2 Å². The van der Waals surface area contributed by atoms with Crippen LogP contribution in [0.1, 0.15) is 47.2 Å². The predicted octanol–water partition coefficient (Wildman–Crippen LogP) is 5.25. The Hall–Kier alpha value is -3.05. The van der Waals surface area contributed by atoms with Crippen LogP contribution < -0.4 is 4.90 Å². The van der Waals surface area contributed by atoms with E-state index in [9.17, 15) is 4.79 Å². The molecule has 5 nitrogen and oxygen atoms in total. The average Bonchev–Trinajstić information content (AvgIpc) is 3.61. The number of hydrogen-bond donors (Lipinski definition) is 0. The highest BCUT2D eigenvalue weighted by atomic mass is 16.3. The second-order valence-electron chi connectivity index (χ2n) is 10.3. The zero-order valence-electron chi connectivity index (χ0n) is 20.5. The van der Waals surface area contributed by atoms with E-state index in [1.807, 2.05) is 41.3 Å². The maximum atomic E-state index is 13.2. The summed E-state index contributed by atoms with van der Waals surface area (Å²) in [5.74, 6) is 0.894. The number of piperazine rings is 1. The third-order valence-electron chi connectivity index (χ3n) is 8.21. The molecule has 2 aromatic carbocycles. The largest absolute Gasteiger partial charge is 0.464 e. The van der Waals surface area contributed by atoms with E-state index in [0.717, 1.165) is 55.5 Å². The summed E-state index contributed by atoms with van der Waals surface area (Å²) < 4.78 is 5.51. The Bertz CT molecular complexity index is 1160. The monoisotopic (exact) mass is 469 g/mol. The van der Waals surface area contributed by atoms with Crippen LogP contribution in [-0.2, 0) is 12.8 Å². The van der Waals surface area contributed by atoms with E-state index in [1.165, 1.54) is 62.0 Å². The van der Waals surface area contributed by atoms with Crippen LogP contribution in [0.4, 0.5) is 5.69 Å².